The molecule has 0 aliphatic heterocycles. The predicted octanol–water partition coefficient (Wildman–Crippen LogP) is 1.29. The van der Waals surface area contributed by atoms with Crippen molar-refractivity contribution >= 4 is 23.7 Å². The number of thioether (sulfide) groups is 1. The molecule has 0 saturated heterocycles. The van der Waals surface area contributed by atoms with Gasteiger partial charge in [-0.2, -0.15) is 11.8 Å². The smallest absolute Gasteiger partial charge is 0.330 e. The molecule has 0 bridgehead atoms. The van der Waals surface area contributed by atoms with Gasteiger partial charge in [-0.3, -0.25) is 14.2 Å². The van der Waals surface area contributed by atoms with Crippen LogP contribution in [0.15, 0.2) is 46.1 Å². The highest BCUT2D eigenvalue weighted by Gasteiger charge is 2.05. The molecule has 2 rings (SSSR count). The van der Waals surface area contributed by atoms with Gasteiger partial charge in [-0.25, -0.2) is 9.18 Å². The van der Waals surface area contributed by atoms with Crippen molar-refractivity contribution in [1.82, 2.24) is 14.5 Å². The van der Waals surface area contributed by atoms with E-state index in [0.29, 0.717) is 23.6 Å². The van der Waals surface area contributed by atoms with Gasteiger partial charge in [0.2, 0.25) is 5.91 Å². The lowest BCUT2D eigenvalue weighted by Gasteiger charge is -2.05. The molecule has 1 aromatic heterocycles. The third kappa shape index (κ3) is 5.19. The monoisotopic (exact) mass is 377 g/mol. The second-order valence-electron chi connectivity index (χ2n) is 5.61. The third-order valence-corrected chi connectivity index (χ3v) is 4.66. The standard InChI is InChI=1S/C18H20FN3O3S/c1-21-11-13(17(24)22(2)18(21)25)7-8-16(23)20-9-10-26-12-14-5-3-4-6-15(14)19/h3-8,11H,9-10,12H2,1-2H3,(H,20,23)/b8-7+. The van der Waals surface area contributed by atoms with E-state index in [1.807, 2.05) is 0 Å². The van der Waals surface area contributed by atoms with Gasteiger partial charge in [0.15, 0.2) is 0 Å². The number of amides is 1. The lowest BCUT2D eigenvalue weighted by Crippen LogP contribution is -2.37. The Kier molecular flexibility index (Phi) is 6.97. The summed E-state index contributed by atoms with van der Waals surface area (Å²) >= 11 is 1.51. The van der Waals surface area contributed by atoms with Crippen LogP contribution in [0.3, 0.4) is 0 Å². The Hall–Kier alpha value is -2.61. The average molecular weight is 377 g/mol. The van der Waals surface area contributed by atoms with Crippen LogP contribution in [0.4, 0.5) is 4.39 Å². The second-order valence-corrected chi connectivity index (χ2v) is 6.72. The van der Waals surface area contributed by atoms with E-state index in [1.54, 1.807) is 18.2 Å². The van der Waals surface area contributed by atoms with Crippen LogP contribution in [0.25, 0.3) is 6.08 Å². The molecule has 6 nitrogen and oxygen atoms in total. The molecule has 0 unspecified atom stereocenters. The number of hydrogen-bond acceptors (Lipinski definition) is 4. The van der Waals surface area contributed by atoms with E-state index in [-0.39, 0.29) is 17.3 Å². The number of nitrogens with zero attached hydrogens (tertiary/aromatic N) is 2. The van der Waals surface area contributed by atoms with Crippen molar-refractivity contribution < 1.29 is 9.18 Å². The Bertz CT molecular complexity index is 934. The minimum atomic E-state index is -0.461. The Morgan fingerprint density at radius 1 is 1.27 bits per heavy atom. The van der Waals surface area contributed by atoms with Crippen LogP contribution < -0.4 is 16.6 Å². The highest BCUT2D eigenvalue weighted by molar-refractivity contribution is 7.98. The summed E-state index contributed by atoms with van der Waals surface area (Å²) in [7, 11) is 2.92. The molecule has 1 N–H and O–H groups in total. The van der Waals surface area contributed by atoms with Gasteiger partial charge in [-0.1, -0.05) is 18.2 Å². The van der Waals surface area contributed by atoms with E-state index in [1.165, 1.54) is 54.8 Å². The molecule has 0 aliphatic rings. The summed E-state index contributed by atoms with van der Waals surface area (Å²) in [5, 5.41) is 2.70. The van der Waals surface area contributed by atoms with E-state index in [2.05, 4.69) is 5.32 Å². The van der Waals surface area contributed by atoms with Gasteiger partial charge in [-0.15, -0.1) is 0 Å². The summed E-state index contributed by atoms with van der Waals surface area (Å²) < 4.78 is 15.7. The zero-order chi connectivity index (χ0) is 19.1. The van der Waals surface area contributed by atoms with Gasteiger partial charge >= 0.3 is 5.69 Å². The maximum absolute atomic E-state index is 13.5. The summed E-state index contributed by atoms with van der Waals surface area (Å²) in [4.78, 5) is 35.4. The Morgan fingerprint density at radius 3 is 2.73 bits per heavy atom. The molecular weight excluding hydrogens is 357 g/mol. The van der Waals surface area contributed by atoms with Gasteiger partial charge in [0.1, 0.15) is 5.82 Å². The second kappa shape index (κ2) is 9.19. The van der Waals surface area contributed by atoms with Crippen molar-refractivity contribution in [2.24, 2.45) is 14.1 Å². The van der Waals surface area contributed by atoms with E-state index >= 15 is 0 Å². The van der Waals surface area contributed by atoms with Crippen LogP contribution in [-0.4, -0.2) is 27.3 Å². The molecule has 0 radical (unpaired) electrons. The molecular formula is C18H20FN3O3S. The maximum Gasteiger partial charge on any atom is 0.330 e. The molecule has 1 heterocycles. The van der Waals surface area contributed by atoms with Crippen LogP contribution in [0, 0.1) is 5.82 Å². The number of benzene rings is 1. The third-order valence-electron chi connectivity index (χ3n) is 3.65. The van der Waals surface area contributed by atoms with Crippen LogP contribution in [0.1, 0.15) is 11.1 Å². The predicted molar refractivity (Wildman–Crippen MR) is 102 cm³/mol. The van der Waals surface area contributed by atoms with Crippen LogP contribution in [0.5, 0.6) is 0 Å². The molecule has 0 fully saturated rings. The Labute approximate surface area is 154 Å². The largest absolute Gasteiger partial charge is 0.352 e. The topological polar surface area (TPSA) is 73.1 Å². The minimum absolute atomic E-state index is 0.231. The molecule has 0 aliphatic carbocycles. The first-order valence-corrected chi connectivity index (χ1v) is 9.09. The van der Waals surface area contributed by atoms with Gasteiger partial charge in [0.25, 0.3) is 5.56 Å². The molecule has 0 atom stereocenters. The molecule has 138 valence electrons. The first kappa shape index (κ1) is 19.7. The number of carbonyl (C=O) groups is 1. The molecule has 1 aromatic carbocycles. The Morgan fingerprint density at radius 2 is 2.00 bits per heavy atom. The van der Waals surface area contributed by atoms with Crippen LogP contribution in [-0.2, 0) is 24.6 Å². The van der Waals surface area contributed by atoms with Crippen molar-refractivity contribution in [3.63, 3.8) is 0 Å². The molecule has 8 heteroatoms. The van der Waals surface area contributed by atoms with E-state index in [4.69, 9.17) is 0 Å². The van der Waals surface area contributed by atoms with Gasteiger partial charge in [0.05, 0.1) is 5.56 Å². The van der Waals surface area contributed by atoms with Gasteiger partial charge < -0.3 is 9.88 Å². The zero-order valence-electron chi connectivity index (χ0n) is 14.6. The van der Waals surface area contributed by atoms with E-state index in [0.717, 1.165) is 4.57 Å². The van der Waals surface area contributed by atoms with Crippen molar-refractivity contribution in [1.29, 1.82) is 0 Å². The molecule has 26 heavy (non-hydrogen) atoms. The number of nitrogens with one attached hydrogen (secondary N) is 1. The fourth-order valence-corrected chi connectivity index (χ4v) is 3.06. The lowest BCUT2D eigenvalue weighted by atomic mass is 10.2. The number of rotatable bonds is 7. The number of halogens is 1. The molecule has 0 spiro atoms. The van der Waals surface area contributed by atoms with Gasteiger partial charge in [-0.05, 0) is 17.7 Å². The van der Waals surface area contributed by atoms with Crippen molar-refractivity contribution in [2.45, 2.75) is 5.75 Å². The summed E-state index contributed by atoms with van der Waals surface area (Å²) in [6, 6.07) is 6.59. The fourth-order valence-electron chi connectivity index (χ4n) is 2.22. The van der Waals surface area contributed by atoms with Crippen LogP contribution >= 0.6 is 11.8 Å². The highest BCUT2D eigenvalue weighted by atomic mass is 32.2. The van der Waals surface area contributed by atoms with E-state index in [9.17, 15) is 18.8 Å². The number of hydrogen-bond donors (Lipinski definition) is 1. The first-order chi connectivity index (χ1) is 12.4. The first-order valence-electron chi connectivity index (χ1n) is 7.94. The molecule has 1 amide bonds. The van der Waals surface area contributed by atoms with Crippen molar-refractivity contribution in [2.75, 3.05) is 12.3 Å². The molecule has 2 aromatic rings. The van der Waals surface area contributed by atoms with Crippen LogP contribution in [0.2, 0.25) is 0 Å². The number of carbonyl (C=O) groups excluding carboxylic acids is 1. The zero-order valence-corrected chi connectivity index (χ0v) is 15.4. The number of aromatic nitrogens is 2. The fraction of sp³-hybridized carbons (Fsp3) is 0.278. The summed E-state index contributed by atoms with van der Waals surface area (Å²) in [6.45, 7) is 0.424. The molecule has 0 saturated carbocycles. The summed E-state index contributed by atoms with van der Waals surface area (Å²) in [5.74, 6) is 0.598. The lowest BCUT2D eigenvalue weighted by molar-refractivity contribution is -0.116. The minimum Gasteiger partial charge on any atom is -0.352 e. The quantitative estimate of drug-likeness (QED) is 0.583. The average Bonchev–Trinajstić information content (AvgIpc) is 2.63. The number of aryl methyl sites for hydroxylation is 1. The summed E-state index contributed by atoms with van der Waals surface area (Å²) in [6.07, 6.45) is 4.02. The normalized spacial score (nSPS) is 11.0. The van der Waals surface area contributed by atoms with E-state index < -0.39 is 11.2 Å². The SMILES string of the molecule is Cn1cc(/C=C/C(=O)NCCSCc2ccccc2F)c(=O)n(C)c1=O. The van der Waals surface area contributed by atoms with Crippen molar-refractivity contribution in [3.05, 3.63) is 74.3 Å². The van der Waals surface area contributed by atoms with Crippen molar-refractivity contribution in [3.8, 4) is 0 Å². The Balaban J connectivity index is 1.81. The van der Waals surface area contributed by atoms with Gasteiger partial charge in [0, 0.05) is 44.4 Å². The maximum atomic E-state index is 13.5. The summed E-state index contributed by atoms with van der Waals surface area (Å²) in [5.41, 5.74) is -0.00555. The highest BCUT2D eigenvalue weighted by Crippen LogP contribution is 2.14.